The summed E-state index contributed by atoms with van der Waals surface area (Å²) in [5.41, 5.74) is 3.11. The minimum Gasteiger partial charge on any atom is -0.300 e. The molecule has 1 aliphatic carbocycles. The van der Waals surface area contributed by atoms with Gasteiger partial charge in [-0.1, -0.05) is 37.5 Å². The van der Waals surface area contributed by atoms with Gasteiger partial charge in [-0.05, 0) is 73.9 Å². The predicted molar refractivity (Wildman–Crippen MR) is 104 cm³/mol. The van der Waals surface area contributed by atoms with Gasteiger partial charge in [-0.15, -0.1) is 0 Å². The van der Waals surface area contributed by atoms with E-state index >= 15 is 0 Å². The van der Waals surface area contributed by atoms with Crippen LogP contribution in [0.5, 0.6) is 0 Å². The first-order valence-electron chi connectivity index (χ1n) is 10.4. The van der Waals surface area contributed by atoms with Crippen LogP contribution < -0.4 is 0 Å². The normalized spacial score (nSPS) is 30.8. The Morgan fingerprint density at radius 1 is 0.880 bits per heavy atom. The maximum absolute atomic E-state index is 4.61. The van der Waals surface area contributed by atoms with Crippen LogP contribution in [0.15, 0.2) is 30.6 Å². The number of fused-ring (bicyclic) bond motifs is 3. The molecule has 2 heteroatoms. The highest BCUT2D eigenvalue weighted by Crippen LogP contribution is 2.44. The lowest BCUT2D eigenvalue weighted by atomic mass is 9.81. The van der Waals surface area contributed by atoms with E-state index in [1.165, 1.54) is 74.1 Å². The van der Waals surface area contributed by atoms with E-state index in [9.17, 15) is 0 Å². The van der Waals surface area contributed by atoms with E-state index in [1.54, 1.807) is 5.56 Å². The molecule has 1 aromatic carbocycles. The van der Waals surface area contributed by atoms with Crippen molar-refractivity contribution in [2.45, 2.75) is 81.7 Å². The van der Waals surface area contributed by atoms with Crippen molar-refractivity contribution in [1.82, 2.24) is 9.88 Å². The van der Waals surface area contributed by atoms with Crippen LogP contribution in [0.1, 0.15) is 80.8 Å². The second kappa shape index (κ2) is 6.39. The van der Waals surface area contributed by atoms with Gasteiger partial charge in [0.05, 0.1) is 0 Å². The van der Waals surface area contributed by atoms with Crippen molar-refractivity contribution in [3.05, 3.63) is 41.7 Å². The number of hydrogen-bond acceptors (Lipinski definition) is 2. The van der Waals surface area contributed by atoms with Gasteiger partial charge in [0, 0.05) is 29.9 Å². The first kappa shape index (κ1) is 15.8. The molecule has 2 aromatic rings. The molecule has 1 aromatic heterocycles. The van der Waals surface area contributed by atoms with Gasteiger partial charge in [0.1, 0.15) is 0 Å². The zero-order valence-electron chi connectivity index (χ0n) is 15.5. The van der Waals surface area contributed by atoms with Gasteiger partial charge in [0.25, 0.3) is 0 Å². The van der Waals surface area contributed by atoms with Gasteiger partial charge < -0.3 is 4.90 Å². The van der Waals surface area contributed by atoms with Crippen LogP contribution >= 0.6 is 0 Å². The summed E-state index contributed by atoms with van der Waals surface area (Å²) in [6.07, 6.45) is 16.7. The molecule has 0 amide bonds. The van der Waals surface area contributed by atoms with Crippen molar-refractivity contribution in [2.24, 2.45) is 0 Å². The minimum absolute atomic E-state index is 0.700. The van der Waals surface area contributed by atoms with Crippen molar-refractivity contribution in [2.75, 3.05) is 7.05 Å². The number of hydrogen-bond donors (Lipinski definition) is 0. The molecule has 1 saturated carbocycles. The Balaban J connectivity index is 1.52. The highest BCUT2D eigenvalue weighted by atomic mass is 15.2. The third-order valence-corrected chi connectivity index (χ3v) is 7.43. The van der Waals surface area contributed by atoms with E-state index < -0.39 is 0 Å². The molecule has 2 bridgehead atoms. The summed E-state index contributed by atoms with van der Waals surface area (Å²) < 4.78 is 0. The van der Waals surface area contributed by atoms with Crippen molar-refractivity contribution < 1.29 is 0 Å². The summed E-state index contributed by atoms with van der Waals surface area (Å²) in [5, 5.41) is 2.83. The van der Waals surface area contributed by atoms with Crippen LogP contribution in [0.3, 0.4) is 0 Å². The summed E-state index contributed by atoms with van der Waals surface area (Å²) in [4.78, 5) is 7.25. The molecule has 2 unspecified atom stereocenters. The maximum atomic E-state index is 4.61. The van der Waals surface area contributed by atoms with Gasteiger partial charge >= 0.3 is 0 Å². The van der Waals surface area contributed by atoms with E-state index in [2.05, 4.69) is 47.5 Å². The Kier molecular flexibility index (Phi) is 4.04. The fraction of sp³-hybridized carbons (Fsp3) is 0.609. The Morgan fingerprint density at radius 2 is 1.64 bits per heavy atom. The quantitative estimate of drug-likeness (QED) is 0.708. The summed E-state index contributed by atoms with van der Waals surface area (Å²) >= 11 is 0. The molecule has 2 aliphatic heterocycles. The highest BCUT2D eigenvalue weighted by Gasteiger charge is 2.39. The summed E-state index contributed by atoms with van der Waals surface area (Å²) in [7, 11) is 2.33. The van der Waals surface area contributed by atoms with Crippen molar-refractivity contribution >= 4 is 10.8 Å². The summed E-state index contributed by atoms with van der Waals surface area (Å²) in [5.74, 6) is 1.49. The highest BCUT2D eigenvalue weighted by molar-refractivity contribution is 5.86. The molecule has 25 heavy (non-hydrogen) atoms. The number of rotatable bonds is 2. The molecule has 0 N–H and O–H groups in total. The second-order valence-corrected chi connectivity index (χ2v) is 8.76. The lowest BCUT2D eigenvalue weighted by Crippen LogP contribution is -2.39. The van der Waals surface area contributed by atoms with Crippen molar-refractivity contribution in [3.63, 3.8) is 0 Å². The maximum Gasteiger partial charge on any atom is 0.0346 e. The molecule has 3 heterocycles. The van der Waals surface area contributed by atoms with Crippen LogP contribution in [0, 0.1) is 0 Å². The lowest BCUT2D eigenvalue weighted by molar-refractivity contribution is 0.162. The van der Waals surface area contributed by atoms with Crippen LogP contribution in [0.4, 0.5) is 0 Å². The van der Waals surface area contributed by atoms with Crippen LogP contribution in [0.25, 0.3) is 10.8 Å². The van der Waals surface area contributed by atoms with E-state index in [0.717, 1.165) is 18.0 Å². The number of nitrogens with zero attached hydrogens (tertiary/aromatic N) is 2. The van der Waals surface area contributed by atoms with Crippen molar-refractivity contribution in [1.29, 1.82) is 0 Å². The molecule has 132 valence electrons. The molecular weight excluding hydrogens is 304 g/mol. The first-order chi connectivity index (χ1) is 12.3. The molecule has 3 fully saturated rings. The molecule has 5 rings (SSSR count). The third kappa shape index (κ3) is 2.79. The topological polar surface area (TPSA) is 16.1 Å². The molecular formula is C23H30N2. The third-order valence-electron chi connectivity index (χ3n) is 7.43. The van der Waals surface area contributed by atoms with Crippen LogP contribution in [-0.4, -0.2) is 29.0 Å². The standard InChI is InChI=1S/C23H30N2/c1-25-20-9-10-21(25)12-19(11-20)23-15-24-14-18-8-7-17(13-22(18)23)16-5-3-2-4-6-16/h7-8,13-16,19-21H,2-6,9-12H2,1H3. The number of aromatic nitrogens is 1. The predicted octanol–water partition coefficient (Wildman–Crippen LogP) is 5.62. The van der Waals surface area contributed by atoms with Gasteiger partial charge in [0.2, 0.25) is 0 Å². The first-order valence-corrected chi connectivity index (χ1v) is 10.4. The van der Waals surface area contributed by atoms with E-state index in [1.807, 2.05) is 0 Å². The largest absolute Gasteiger partial charge is 0.300 e. The van der Waals surface area contributed by atoms with E-state index in [4.69, 9.17) is 0 Å². The zero-order valence-corrected chi connectivity index (χ0v) is 15.5. The summed E-state index contributed by atoms with van der Waals surface area (Å²) in [6, 6.07) is 8.82. The van der Waals surface area contributed by atoms with Gasteiger partial charge in [-0.25, -0.2) is 0 Å². The Hall–Kier alpha value is -1.41. The van der Waals surface area contributed by atoms with Crippen LogP contribution in [-0.2, 0) is 0 Å². The monoisotopic (exact) mass is 334 g/mol. The fourth-order valence-corrected chi connectivity index (χ4v) is 5.88. The Bertz CT molecular complexity index is 748. The summed E-state index contributed by atoms with van der Waals surface area (Å²) in [6.45, 7) is 0. The lowest BCUT2D eigenvalue weighted by Gasteiger charge is -2.36. The Morgan fingerprint density at radius 3 is 2.40 bits per heavy atom. The number of benzene rings is 1. The van der Waals surface area contributed by atoms with Crippen molar-refractivity contribution in [3.8, 4) is 0 Å². The van der Waals surface area contributed by atoms with E-state index in [-0.39, 0.29) is 0 Å². The van der Waals surface area contributed by atoms with Gasteiger partial charge in [-0.2, -0.15) is 0 Å². The fourth-order valence-electron chi connectivity index (χ4n) is 5.88. The van der Waals surface area contributed by atoms with E-state index in [0.29, 0.717) is 5.92 Å². The molecule has 3 aliphatic rings. The SMILES string of the molecule is CN1C2CCC1CC(c1cncc3ccc(C4CCCCC4)cc13)C2. The number of pyridine rings is 1. The average molecular weight is 335 g/mol. The molecule has 2 nitrogen and oxygen atoms in total. The number of piperidine rings is 1. The average Bonchev–Trinajstić information content (AvgIpc) is 2.88. The van der Waals surface area contributed by atoms with Gasteiger partial charge in [0.15, 0.2) is 0 Å². The second-order valence-electron chi connectivity index (χ2n) is 8.76. The smallest absolute Gasteiger partial charge is 0.0346 e. The molecule has 2 atom stereocenters. The Labute approximate surface area is 151 Å². The molecule has 0 radical (unpaired) electrons. The van der Waals surface area contributed by atoms with Gasteiger partial charge in [-0.3, -0.25) is 4.98 Å². The van der Waals surface area contributed by atoms with Crippen LogP contribution in [0.2, 0.25) is 0 Å². The molecule has 0 spiro atoms. The minimum atomic E-state index is 0.700. The molecule has 2 saturated heterocycles. The zero-order chi connectivity index (χ0) is 16.8.